The number of para-hydroxylation sites is 4. The summed E-state index contributed by atoms with van der Waals surface area (Å²) < 4.78 is 4.75. The Balaban J connectivity index is 0.000000129. The molecule has 0 spiro atoms. The molecule has 124 heavy (non-hydrogen) atoms. The van der Waals surface area contributed by atoms with Crippen LogP contribution in [0.5, 0.6) is 0 Å². The zero-order chi connectivity index (χ0) is 85.0. The molecule has 0 N–H and O–H groups in total. The van der Waals surface area contributed by atoms with Gasteiger partial charge in [-0.1, -0.05) is 254 Å². The summed E-state index contributed by atoms with van der Waals surface area (Å²) >= 11 is 0. The number of rotatable bonds is 17. The van der Waals surface area contributed by atoms with Crippen molar-refractivity contribution in [2.75, 3.05) is 19.6 Å². The van der Waals surface area contributed by atoms with E-state index in [9.17, 15) is 0 Å². The Hall–Kier alpha value is -14.5. The first-order valence-electron chi connectivity index (χ1n) is 43.8. The number of hydrogen-bond acceptors (Lipinski definition) is 4. The smallest absolute Gasteiger partial charge is 0.0541 e. The third kappa shape index (κ3) is 16.6. The second-order valence-corrected chi connectivity index (χ2v) is 34.0. The fourth-order valence-corrected chi connectivity index (χ4v) is 18.7. The van der Waals surface area contributed by atoms with Crippen LogP contribution in [0.2, 0.25) is 0 Å². The van der Waals surface area contributed by atoms with Gasteiger partial charge in [-0.25, -0.2) is 0 Å². The van der Waals surface area contributed by atoms with Crippen LogP contribution in [0.25, 0.3) is 66.1 Å². The first-order valence-corrected chi connectivity index (χ1v) is 43.8. The fourth-order valence-electron chi connectivity index (χ4n) is 18.7. The van der Waals surface area contributed by atoms with Crippen molar-refractivity contribution in [3.05, 3.63) is 467 Å². The van der Waals surface area contributed by atoms with E-state index in [0.29, 0.717) is 0 Å². The van der Waals surface area contributed by atoms with E-state index < -0.39 is 0 Å². The van der Waals surface area contributed by atoms with Crippen molar-refractivity contribution in [1.82, 2.24) is 9.13 Å². The van der Waals surface area contributed by atoms with Crippen molar-refractivity contribution in [3.63, 3.8) is 0 Å². The lowest BCUT2D eigenvalue weighted by Gasteiger charge is -2.39. The van der Waals surface area contributed by atoms with Gasteiger partial charge >= 0.3 is 0 Å². The number of fused-ring (bicyclic) bond motifs is 6. The Labute approximate surface area is 732 Å². The van der Waals surface area contributed by atoms with Gasteiger partial charge < -0.3 is 28.7 Å². The maximum Gasteiger partial charge on any atom is 0.0541 e. The van der Waals surface area contributed by atoms with Crippen molar-refractivity contribution in [2.45, 2.75) is 107 Å². The number of aryl methyl sites for hydroxylation is 10. The molecule has 0 unspecified atom stereocenters. The molecule has 0 amide bonds. The van der Waals surface area contributed by atoms with E-state index in [-0.39, 0.29) is 5.41 Å². The van der Waals surface area contributed by atoms with Crippen molar-refractivity contribution < 1.29 is 0 Å². The maximum atomic E-state index is 2.40. The molecule has 0 saturated heterocycles. The summed E-state index contributed by atoms with van der Waals surface area (Å²) in [4.78, 5) is 9.45. The van der Waals surface area contributed by atoms with E-state index in [1.807, 2.05) is 0 Å². The predicted molar refractivity (Wildman–Crippen MR) is 530 cm³/mol. The van der Waals surface area contributed by atoms with Crippen LogP contribution in [0.4, 0.5) is 68.2 Å². The molecule has 19 aromatic rings. The van der Waals surface area contributed by atoms with Crippen LogP contribution in [0.3, 0.4) is 0 Å². The molecule has 2 heterocycles. The van der Waals surface area contributed by atoms with Crippen molar-refractivity contribution >= 4 is 112 Å². The summed E-state index contributed by atoms with van der Waals surface area (Å²) in [5.74, 6) is 0. The first kappa shape index (κ1) is 80.6. The summed E-state index contributed by atoms with van der Waals surface area (Å²) in [6.45, 7) is 21.6. The van der Waals surface area contributed by atoms with Gasteiger partial charge in [0.1, 0.15) is 0 Å². The summed E-state index contributed by atoms with van der Waals surface area (Å²) in [6, 6.07) is 146. The minimum atomic E-state index is 0.00636. The molecular formula is C118H106N6. The van der Waals surface area contributed by atoms with Crippen LogP contribution in [-0.4, -0.2) is 9.13 Å². The molecule has 6 heteroatoms. The highest BCUT2D eigenvalue weighted by atomic mass is 15.2. The lowest BCUT2D eigenvalue weighted by atomic mass is 9.65. The highest BCUT2D eigenvalue weighted by Gasteiger charge is 2.36. The van der Waals surface area contributed by atoms with Crippen LogP contribution >= 0.6 is 0 Å². The van der Waals surface area contributed by atoms with Crippen LogP contribution in [0.15, 0.2) is 400 Å². The SMILES string of the molecule is Cc1ccc(N(c2ccc(C)cc2)c2ccc(C3(c4ccc(N(c5ccc(C)cc5)c5ccc(C)cc5)cc4)CCCCC3)cc2)cc1.Cc1cccc(N(c2cccc(C)c2)c2ccc(-c3ccc(N(c4cccc(C)c4)c4cccc(C)c4)cc3C)c(C)c2)c1.c1cc(-n2c3ccccc3c3ccccc32)cc(-n2c3ccccc3c3ccccc32)c1. The van der Waals surface area contributed by atoms with Gasteiger partial charge in [0.15, 0.2) is 0 Å². The van der Waals surface area contributed by atoms with Gasteiger partial charge in [0.25, 0.3) is 0 Å². The summed E-state index contributed by atoms with van der Waals surface area (Å²) in [6.07, 6.45) is 6.15. The average molecular weight is 1610 g/mol. The largest absolute Gasteiger partial charge is 0.311 e. The Bertz CT molecular complexity index is 6300. The van der Waals surface area contributed by atoms with E-state index in [4.69, 9.17) is 0 Å². The van der Waals surface area contributed by atoms with Gasteiger partial charge in [-0.3, -0.25) is 0 Å². The van der Waals surface area contributed by atoms with Crippen LogP contribution < -0.4 is 19.6 Å². The van der Waals surface area contributed by atoms with E-state index >= 15 is 0 Å². The zero-order valence-corrected chi connectivity index (χ0v) is 72.8. The summed E-state index contributed by atoms with van der Waals surface area (Å²) in [5.41, 5.74) is 39.2. The van der Waals surface area contributed by atoms with Gasteiger partial charge in [0, 0.05) is 107 Å². The van der Waals surface area contributed by atoms with E-state index in [0.717, 1.165) is 34.1 Å². The highest BCUT2D eigenvalue weighted by molar-refractivity contribution is 6.11. The molecule has 2 aromatic heterocycles. The topological polar surface area (TPSA) is 22.8 Å². The molecule has 20 rings (SSSR count). The maximum absolute atomic E-state index is 2.40. The van der Waals surface area contributed by atoms with Crippen LogP contribution in [-0.2, 0) is 5.41 Å². The molecule has 17 aromatic carbocycles. The van der Waals surface area contributed by atoms with Gasteiger partial charge in [-0.05, 0) is 326 Å². The zero-order valence-electron chi connectivity index (χ0n) is 72.8. The number of aromatic nitrogens is 2. The third-order valence-corrected chi connectivity index (χ3v) is 25.0. The van der Waals surface area contributed by atoms with Gasteiger partial charge in [0.2, 0.25) is 0 Å². The molecule has 0 radical (unpaired) electrons. The lowest BCUT2D eigenvalue weighted by molar-refractivity contribution is 0.346. The van der Waals surface area contributed by atoms with E-state index in [2.05, 4.69) is 498 Å². The molecular weight excluding hydrogens is 1500 g/mol. The fraction of sp³-hybridized carbons (Fsp3) is 0.136. The second kappa shape index (κ2) is 35.3. The predicted octanol–water partition coefficient (Wildman–Crippen LogP) is 33.1. The van der Waals surface area contributed by atoms with Crippen molar-refractivity contribution in [1.29, 1.82) is 0 Å². The molecule has 1 saturated carbocycles. The second-order valence-electron chi connectivity index (χ2n) is 34.0. The number of benzene rings is 17. The Morgan fingerprint density at radius 2 is 0.435 bits per heavy atom. The molecule has 1 aliphatic carbocycles. The summed E-state index contributed by atoms with van der Waals surface area (Å²) in [5, 5.41) is 5.13. The monoisotopic (exact) mass is 1610 g/mol. The Morgan fingerprint density at radius 3 is 0.710 bits per heavy atom. The highest BCUT2D eigenvalue weighted by Crippen LogP contribution is 2.49. The average Bonchev–Trinajstić information content (AvgIpc) is 1.68. The first-order chi connectivity index (χ1) is 60.6. The number of nitrogens with zero attached hydrogens (tertiary/aromatic N) is 6. The van der Waals surface area contributed by atoms with Crippen molar-refractivity contribution in [3.8, 4) is 22.5 Å². The molecule has 608 valence electrons. The van der Waals surface area contributed by atoms with Crippen molar-refractivity contribution in [2.24, 2.45) is 0 Å². The van der Waals surface area contributed by atoms with Crippen LogP contribution in [0, 0.1) is 69.2 Å². The molecule has 0 aliphatic heterocycles. The lowest BCUT2D eigenvalue weighted by Crippen LogP contribution is -2.30. The third-order valence-electron chi connectivity index (χ3n) is 25.0. The van der Waals surface area contributed by atoms with Gasteiger partial charge in [-0.15, -0.1) is 0 Å². The molecule has 0 atom stereocenters. The standard InChI is InChI=1S/C46H46N2.C42H40N2.C30H20N2/c1-34-8-20-40(21-9-34)47(41-22-10-35(2)11-23-41)44-28-16-38(17-29-44)46(32-6-5-7-33-46)39-18-30-45(31-19-39)48(42-24-12-36(3)13-25-42)43-26-14-37(4)15-27-43;1-29-11-7-15-35(23-29)43(36-16-8-12-30(2)24-36)39-19-21-41(33(5)27-39)42-22-20-40(28-34(42)6)44(37-17-9-13-31(3)25-37)38-18-10-14-32(4)26-38;1-5-16-27-23(12-1)24-13-2-6-17-28(24)31(27)21-10-9-11-22(20-21)32-29-18-7-3-14-25(29)26-15-4-8-19-30(26)32/h8-31H,5-7,32-33H2,1-4H3;7-28H,1-6H3;1-20H. The summed E-state index contributed by atoms with van der Waals surface area (Å²) in [7, 11) is 0. The van der Waals surface area contributed by atoms with E-state index in [1.54, 1.807) is 0 Å². The van der Waals surface area contributed by atoms with Gasteiger partial charge in [0.05, 0.1) is 22.1 Å². The number of hydrogen-bond donors (Lipinski definition) is 0. The van der Waals surface area contributed by atoms with E-state index in [1.165, 1.54) is 199 Å². The van der Waals surface area contributed by atoms with Crippen LogP contribution in [0.1, 0.15) is 98.9 Å². The molecule has 1 aliphatic rings. The normalized spacial score (nSPS) is 12.3. The minimum Gasteiger partial charge on any atom is -0.311 e. The minimum absolute atomic E-state index is 0.00636. The molecule has 1 fully saturated rings. The Morgan fingerprint density at radius 1 is 0.194 bits per heavy atom. The quantitative estimate of drug-likeness (QED) is 0.0906. The Kier molecular flexibility index (Phi) is 23.0. The molecule has 6 nitrogen and oxygen atoms in total. The van der Waals surface area contributed by atoms with Gasteiger partial charge in [-0.2, -0.15) is 0 Å². The number of anilines is 12. The molecule has 0 bridgehead atoms.